The second-order valence-corrected chi connectivity index (χ2v) is 5.49. The van der Waals surface area contributed by atoms with E-state index in [1.54, 1.807) is 30.3 Å². The third-order valence-electron chi connectivity index (χ3n) is 3.68. The van der Waals surface area contributed by atoms with Gasteiger partial charge in [0, 0.05) is 19.4 Å². The van der Waals surface area contributed by atoms with Crippen molar-refractivity contribution in [1.29, 1.82) is 0 Å². The van der Waals surface area contributed by atoms with Crippen LogP contribution in [0.25, 0.3) is 11.3 Å². The number of amides is 1. The molecular formula is C17H18FNO2. The number of hydrogen-bond donors (Lipinski definition) is 1. The Kier molecular flexibility index (Phi) is 4.04. The minimum Gasteiger partial charge on any atom is -0.461 e. The highest BCUT2D eigenvalue weighted by atomic mass is 19.1. The summed E-state index contributed by atoms with van der Waals surface area (Å²) in [6.45, 7) is 0.789. The third-order valence-corrected chi connectivity index (χ3v) is 3.68. The van der Waals surface area contributed by atoms with Crippen molar-refractivity contribution in [2.24, 2.45) is 5.92 Å². The molecule has 1 aromatic heterocycles. The molecule has 1 fully saturated rings. The maximum absolute atomic E-state index is 13.7. The van der Waals surface area contributed by atoms with Gasteiger partial charge in [0.25, 0.3) is 0 Å². The second kappa shape index (κ2) is 6.12. The molecule has 3 nitrogen and oxygen atoms in total. The first kappa shape index (κ1) is 13.9. The van der Waals surface area contributed by atoms with Crippen molar-refractivity contribution in [3.05, 3.63) is 48.0 Å². The number of furan rings is 1. The molecule has 21 heavy (non-hydrogen) atoms. The maximum atomic E-state index is 13.7. The van der Waals surface area contributed by atoms with Crippen LogP contribution in [0, 0.1) is 11.7 Å². The lowest BCUT2D eigenvalue weighted by Gasteiger charge is -2.02. The molecular weight excluding hydrogens is 269 g/mol. The van der Waals surface area contributed by atoms with E-state index in [1.165, 1.54) is 18.9 Å². The average Bonchev–Trinajstić information content (AvgIpc) is 3.20. The van der Waals surface area contributed by atoms with E-state index in [-0.39, 0.29) is 11.7 Å². The predicted octanol–water partition coefficient (Wildman–Crippen LogP) is 3.54. The number of aryl methyl sites for hydroxylation is 1. The first-order valence-electron chi connectivity index (χ1n) is 7.32. The van der Waals surface area contributed by atoms with Gasteiger partial charge in [-0.25, -0.2) is 4.39 Å². The van der Waals surface area contributed by atoms with Crippen molar-refractivity contribution < 1.29 is 13.6 Å². The monoisotopic (exact) mass is 287 g/mol. The summed E-state index contributed by atoms with van der Waals surface area (Å²) in [5.41, 5.74) is 0.446. The van der Waals surface area contributed by atoms with Gasteiger partial charge in [0.15, 0.2) is 0 Å². The molecule has 4 heteroatoms. The Morgan fingerprint density at radius 2 is 2.05 bits per heavy atom. The zero-order chi connectivity index (χ0) is 14.7. The molecule has 0 aliphatic heterocycles. The molecule has 0 bridgehead atoms. The number of benzene rings is 1. The molecule has 0 atom stereocenters. The summed E-state index contributed by atoms with van der Waals surface area (Å²) in [6.07, 6.45) is 3.39. The van der Waals surface area contributed by atoms with Crippen LogP contribution in [-0.2, 0) is 11.2 Å². The summed E-state index contributed by atoms with van der Waals surface area (Å²) < 4.78 is 19.3. The van der Waals surface area contributed by atoms with Crippen molar-refractivity contribution in [3.8, 4) is 11.3 Å². The maximum Gasteiger partial charge on any atom is 0.220 e. The van der Waals surface area contributed by atoms with Crippen LogP contribution in [-0.4, -0.2) is 12.5 Å². The van der Waals surface area contributed by atoms with E-state index < -0.39 is 0 Å². The summed E-state index contributed by atoms with van der Waals surface area (Å²) >= 11 is 0. The molecule has 0 spiro atoms. The lowest BCUT2D eigenvalue weighted by molar-refractivity contribution is -0.121. The molecule has 1 N–H and O–H groups in total. The van der Waals surface area contributed by atoms with Crippen LogP contribution in [0.5, 0.6) is 0 Å². The van der Waals surface area contributed by atoms with Gasteiger partial charge in [0.05, 0.1) is 5.56 Å². The van der Waals surface area contributed by atoms with Gasteiger partial charge in [-0.1, -0.05) is 12.1 Å². The van der Waals surface area contributed by atoms with Crippen LogP contribution in [0.15, 0.2) is 40.8 Å². The predicted molar refractivity (Wildman–Crippen MR) is 78.2 cm³/mol. The fourth-order valence-electron chi connectivity index (χ4n) is 2.22. The number of carbonyl (C=O) groups excluding carboxylic acids is 1. The highest BCUT2D eigenvalue weighted by Crippen LogP contribution is 2.27. The largest absolute Gasteiger partial charge is 0.461 e. The van der Waals surface area contributed by atoms with Crippen molar-refractivity contribution >= 4 is 5.91 Å². The Morgan fingerprint density at radius 3 is 2.81 bits per heavy atom. The smallest absolute Gasteiger partial charge is 0.220 e. The van der Waals surface area contributed by atoms with Crippen LogP contribution in [0.3, 0.4) is 0 Å². The van der Waals surface area contributed by atoms with Crippen molar-refractivity contribution in [1.82, 2.24) is 5.32 Å². The van der Waals surface area contributed by atoms with E-state index in [9.17, 15) is 9.18 Å². The van der Waals surface area contributed by atoms with Crippen LogP contribution in [0.4, 0.5) is 4.39 Å². The van der Waals surface area contributed by atoms with Gasteiger partial charge in [-0.15, -0.1) is 0 Å². The molecule has 1 saturated carbocycles. The van der Waals surface area contributed by atoms with E-state index in [4.69, 9.17) is 4.42 Å². The zero-order valence-electron chi connectivity index (χ0n) is 11.8. The van der Waals surface area contributed by atoms with E-state index in [1.807, 2.05) is 0 Å². The highest BCUT2D eigenvalue weighted by Gasteiger charge is 2.21. The van der Waals surface area contributed by atoms with Crippen molar-refractivity contribution in [3.63, 3.8) is 0 Å². The van der Waals surface area contributed by atoms with Crippen LogP contribution in [0.1, 0.15) is 25.0 Å². The molecule has 1 heterocycles. The van der Waals surface area contributed by atoms with Crippen molar-refractivity contribution in [2.45, 2.75) is 25.7 Å². The van der Waals surface area contributed by atoms with Gasteiger partial charge in [-0.05, 0) is 43.0 Å². The SMILES string of the molecule is O=C(CCc1ccc(-c2ccccc2F)o1)NCC1CC1. The molecule has 0 unspecified atom stereocenters. The fourth-order valence-corrected chi connectivity index (χ4v) is 2.22. The number of halogens is 1. The van der Waals surface area contributed by atoms with Crippen LogP contribution in [0.2, 0.25) is 0 Å². The fraction of sp³-hybridized carbons (Fsp3) is 0.353. The number of rotatable bonds is 6. The van der Waals surface area contributed by atoms with E-state index in [0.29, 0.717) is 35.8 Å². The lowest BCUT2D eigenvalue weighted by atomic mass is 10.1. The summed E-state index contributed by atoms with van der Waals surface area (Å²) in [4.78, 5) is 11.7. The molecule has 3 rings (SSSR count). The Morgan fingerprint density at radius 1 is 1.24 bits per heavy atom. The molecule has 1 amide bonds. The molecule has 0 radical (unpaired) electrons. The Hall–Kier alpha value is -2.10. The molecule has 1 aliphatic carbocycles. The third kappa shape index (κ3) is 3.72. The number of nitrogens with one attached hydrogen (secondary N) is 1. The summed E-state index contributed by atoms with van der Waals surface area (Å²) in [6, 6.07) is 10.0. The number of carbonyl (C=O) groups is 1. The first-order chi connectivity index (χ1) is 10.2. The van der Waals surface area contributed by atoms with Crippen LogP contribution < -0.4 is 5.32 Å². The van der Waals surface area contributed by atoms with E-state index in [0.717, 1.165) is 6.54 Å². The normalized spacial score (nSPS) is 14.1. The molecule has 0 saturated heterocycles. The zero-order valence-corrected chi connectivity index (χ0v) is 11.8. The Labute approximate surface area is 123 Å². The minimum atomic E-state index is -0.305. The minimum absolute atomic E-state index is 0.0470. The topological polar surface area (TPSA) is 42.2 Å². The van der Waals surface area contributed by atoms with Crippen LogP contribution >= 0.6 is 0 Å². The second-order valence-electron chi connectivity index (χ2n) is 5.49. The van der Waals surface area contributed by atoms with Gasteiger partial charge in [0.1, 0.15) is 17.3 Å². The summed E-state index contributed by atoms with van der Waals surface area (Å²) in [5, 5.41) is 2.92. The standard InChI is InChI=1S/C17H18FNO2/c18-15-4-2-1-3-14(15)16-9-7-13(21-16)8-10-17(20)19-11-12-5-6-12/h1-4,7,9,12H,5-6,8,10-11H2,(H,19,20). The highest BCUT2D eigenvalue weighted by molar-refractivity contribution is 5.76. The Balaban J connectivity index is 1.55. The molecule has 1 aliphatic rings. The van der Waals surface area contributed by atoms with E-state index >= 15 is 0 Å². The molecule has 110 valence electrons. The van der Waals surface area contributed by atoms with Gasteiger partial charge >= 0.3 is 0 Å². The lowest BCUT2D eigenvalue weighted by Crippen LogP contribution is -2.25. The summed E-state index contributed by atoms with van der Waals surface area (Å²) in [5.74, 6) is 1.63. The van der Waals surface area contributed by atoms with Gasteiger partial charge in [0.2, 0.25) is 5.91 Å². The molecule has 1 aromatic carbocycles. The van der Waals surface area contributed by atoms with E-state index in [2.05, 4.69) is 5.32 Å². The summed E-state index contributed by atoms with van der Waals surface area (Å²) in [7, 11) is 0. The molecule has 2 aromatic rings. The Bertz CT molecular complexity index is 631. The average molecular weight is 287 g/mol. The number of hydrogen-bond acceptors (Lipinski definition) is 2. The quantitative estimate of drug-likeness (QED) is 0.883. The first-order valence-corrected chi connectivity index (χ1v) is 7.32. The van der Waals surface area contributed by atoms with Crippen molar-refractivity contribution in [2.75, 3.05) is 6.54 Å². The van der Waals surface area contributed by atoms with Gasteiger partial charge in [-0.3, -0.25) is 4.79 Å². The van der Waals surface area contributed by atoms with Gasteiger partial charge < -0.3 is 9.73 Å². The van der Waals surface area contributed by atoms with Gasteiger partial charge in [-0.2, -0.15) is 0 Å².